The van der Waals surface area contributed by atoms with Crippen LogP contribution in [-0.2, 0) is 24.2 Å². The molecule has 5 rings (SSSR count). The van der Waals surface area contributed by atoms with Crippen molar-refractivity contribution in [1.82, 2.24) is 14.9 Å². The number of fused-ring (bicyclic) bond motifs is 4. The van der Waals surface area contributed by atoms with Gasteiger partial charge in [-0.05, 0) is 54.5 Å². The molecule has 3 aromatic rings. The molecule has 2 aromatic heterocycles. The molecule has 0 radical (unpaired) electrons. The highest BCUT2D eigenvalue weighted by Gasteiger charge is 2.30. The summed E-state index contributed by atoms with van der Waals surface area (Å²) in [5, 5.41) is 4.57. The van der Waals surface area contributed by atoms with E-state index in [0.717, 1.165) is 64.3 Å². The van der Waals surface area contributed by atoms with Gasteiger partial charge in [-0.2, -0.15) is 0 Å². The van der Waals surface area contributed by atoms with Gasteiger partial charge in [0, 0.05) is 37.0 Å². The van der Waals surface area contributed by atoms with E-state index in [0.29, 0.717) is 19.0 Å². The maximum absolute atomic E-state index is 12.5. The van der Waals surface area contributed by atoms with Crippen LogP contribution in [0.3, 0.4) is 0 Å². The molecule has 9 heteroatoms. The molecule has 0 fully saturated rings. The normalized spacial score (nSPS) is 16.5. The Hall–Kier alpha value is -2.71. The van der Waals surface area contributed by atoms with E-state index in [1.165, 1.54) is 10.4 Å². The lowest BCUT2D eigenvalue weighted by atomic mass is 9.87. The van der Waals surface area contributed by atoms with Crippen LogP contribution in [-0.4, -0.2) is 53.6 Å². The van der Waals surface area contributed by atoms with Gasteiger partial charge in [0.25, 0.3) is 0 Å². The van der Waals surface area contributed by atoms with Crippen LogP contribution < -0.4 is 10.1 Å². The summed E-state index contributed by atoms with van der Waals surface area (Å²) < 4.78 is 6.06. The Labute approximate surface area is 201 Å². The maximum Gasteiger partial charge on any atom is 0.225 e. The third-order valence-electron chi connectivity index (χ3n) is 6.16. The molecule has 0 saturated heterocycles. The number of hydrogen-bond acceptors (Lipinski definition) is 7. The largest absolute Gasteiger partial charge is 0.491 e. The fourth-order valence-electron chi connectivity index (χ4n) is 4.50. The fraction of sp³-hybridized carbons (Fsp3) is 0.417. The first kappa shape index (κ1) is 22.1. The molecule has 1 aliphatic heterocycles. The van der Waals surface area contributed by atoms with E-state index in [1.807, 2.05) is 20.3 Å². The van der Waals surface area contributed by atoms with Crippen molar-refractivity contribution in [3.8, 4) is 5.75 Å². The number of aromatic nitrogens is 2. The minimum absolute atomic E-state index is 0.0304. The monoisotopic (exact) mass is 483 g/mol. The number of aryl methyl sites for hydroxylation is 1. The number of thiophene rings is 1. The van der Waals surface area contributed by atoms with Gasteiger partial charge in [0.1, 0.15) is 22.7 Å². The minimum Gasteiger partial charge on any atom is -0.491 e. The number of halogens is 1. The Bertz CT molecular complexity index is 1240. The number of nitrogens with one attached hydrogen (secondary N) is 1. The molecule has 1 aromatic carbocycles. The lowest BCUT2D eigenvalue weighted by molar-refractivity contribution is -0.133. The van der Waals surface area contributed by atoms with Gasteiger partial charge >= 0.3 is 0 Å². The zero-order valence-corrected chi connectivity index (χ0v) is 20.3. The van der Waals surface area contributed by atoms with E-state index in [9.17, 15) is 4.79 Å². The van der Waals surface area contributed by atoms with E-state index in [2.05, 4.69) is 32.4 Å². The van der Waals surface area contributed by atoms with Crippen LogP contribution in [0.15, 0.2) is 23.5 Å². The van der Waals surface area contributed by atoms with Gasteiger partial charge in [-0.25, -0.2) is 9.97 Å². The lowest BCUT2D eigenvalue weighted by Crippen LogP contribution is -2.32. The van der Waals surface area contributed by atoms with Crippen molar-refractivity contribution in [2.75, 3.05) is 31.9 Å². The molecule has 0 bridgehead atoms. The number of aliphatic imine (C=N–C) groups is 1. The molecule has 0 saturated carbocycles. The molecule has 1 amide bonds. The number of alkyl halides is 1. The van der Waals surface area contributed by atoms with E-state index < -0.39 is 0 Å². The van der Waals surface area contributed by atoms with Crippen LogP contribution in [0.25, 0.3) is 10.2 Å². The molecule has 2 aliphatic rings. The van der Waals surface area contributed by atoms with Crippen molar-refractivity contribution >= 4 is 56.8 Å². The molecule has 1 unspecified atom stereocenters. The molecule has 3 heterocycles. The molecule has 0 spiro atoms. The molecule has 7 nitrogen and oxygen atoms in total. The summed E-state index contributed by atoms with van der Waals surface area (Å²) in [6, 6.07) is 4.12. The highest BCUT2D eigenvalue weighted by Crippen LogP contribution is 2.42. The number of nitrogens with zero attached hydrogens (tertiary/aromatic N) is 4. The molecule has 172 valence electrons. The van der Waals surface area contributed by atoms with Crippen LogP contribution in [0.1, 0.15) is 34.4 Å². The predicted molar refractivity (Wildman–Crippen MR) is 133 cm³/mol. The van der Waals surface area contributed by atoms with Gasteiger partial charge in [0.05, 0.1) is 24.2 Å². The van der Waals surface area contributed by atoms with E-state index in [4.69, 9.17) is 16.3 Å². The molecule has 33 heavy (non-hydrogen) atoms. The molecule has 1 N–H and O–H groups in total. The van der Waals surface area contributed by atoms with Crippen molar-refractivity contribution in [2.24, 2.45) is 10.9 Å². The first-order valence-electron chi connectivity index (χ1n) is 11.1. The van der Waals surface area contributed by atoms with Crippen LogP contribution >= 0.6 is 22.9 Å². The van der Waals surface area contributed by atoms with Crippen LogP contribution in [0.4, 0.5) is 11.5 Å². The van der Waals surface area contributed by atoms with Gasteiger partial charge in [0.15, 0.2) is 0 Å². The minimum atomic E-state index is 0.0304. The van der Waals surface area contributed by atoms with Crippen LogP contribution in [0, 0.1) is 5.92 Å². The number of anilines is 2. The Morgan fingerprint density at radius 1 is 1.33 bits per heavy atom. The highest BCUT2D eigenvalue weighted by molar-refractivity contribution is 7.19. The number of carbonyl (C=O) groups excluding carboxylic acids is 1. The number of amides is 1. The summed E-state index contributed by atoms with van der Waals surface area (Å²) in [5.74, 6) is 2.33. The Kier molecular flexibility index (Phi) is 6.21. The predicted octanol–water partition coefficient (Wildman–Crippen LogP) is 4.57. The Morgan fingerprint density at radius 3 is 3.03 bits per heavy atom. The molecular formula is C24H26ClN5O2S. The zero-order chi connectivity index (χ0) is 22.9. The summed E-state index contributed by atoms with van der Waals surface area (Å²) in [6.07, 6.45) is 6.71. The third kappa shape index (κ3) is 4.29. The first-order chi connectivity index (χ1) is 16.0. The molecular weight excluding hydrogens is 458 g/mol. The summed E-state index contributed by atoms with van der Waals surface area (Å²) in [6.45, 7) is 1.22. The average Bonchev–Trinajstić information content (AvgIpc) is 3.42. The summed E-state index contributed by atoms with van der Waals surface area (Å²) in [5.41, 5.74) is 4.35. The Morgan fingerprint density at radius 2 is 2.21 bits per heavy atom. The van der Waals surface area contributed by atoms with Crippen molar-refractivity contribution in [3.05, 3.63) is 40.0 Å². The quantitative estimate of drug-likeness (QED) is 0.393. The molecule has 1 aliphatic carbocycles. The highest BCUT2D eigenvalue weighted by atomic mass is 35.5. The van der Waals surface area contributed by atoms with E-state index in [1.54, 1.807) is 22.6 Å². The second-order valence-corrected chi connectivity index (χ2v) is 10.1. The first-order valence-corrected chi connectivity index (χ1v) is 12.5. The lowest BCUT2D eigenvalue weighted by Gasteiger charge is -2.24. The number of rotatable bonds is 7. The summed E-state index contributed by atoms with van der Waals surface area (Å²) >= 11 is 7.51. The number of ether oxygens (including phenoxy) is 1. The summed E-state index contributed by atoms with van der Waals surface area (Å²) in [4.78, 5) is 29.9. The third-order valence-corrected chi connectivity index (χ3v) is 7.59. The second kappa shape index (κ2) is 9.27. The van der Waals surface area contributed by atoms with Crippen LogP contribution in [0.2, 0.25) is 0 Å². The SMILES string of the molecule is CN(C)C(=O)C1CCc2c(sc3ncnc(Nc4cc5c(cc4OCCCCl)CN=C5)c23)C1. The Balaban J connectivity index is 1.49. The number of benzene rings is 1. The second-order valence-electron chi connectivity index (χ2n) is 8.61. The fourth-order valence-corrected chi connectivity index (χ4v) is 5.88. The van der Waals surface area contributed by atoms with Crippen molar-refractivity contribution < 1.29 is 9.53 Å². The van der Waals surface area contributed by atoms with Crippen molar-refractivity contribution in [2.45, 2.75) is 32.2 Å². The van der Waals surface area contributed by atoms with Gasteiger partial charge in [-0.15, -0.1) is 22.9 Å². The average molecular weight is 484 g/mol. The van der Waals surface area contributed by atoms with E-state index in [-0.39, 0.29) is 11.8 Å². The smallest absolute Gasteiger partial charge is 0.225 e. The van der Waals surface area contributed by atoms with Gasteiger partial charge in [0.2, 0.25) is 5.91 Å². The van der Waals surface area contributed by atoms with Crippen LogP contribution in [0.5, 0.6) is 5.75 Å². The molecule has 1 atom stereocenters. The van der Waals surface area contributed by atoms with Gasteiger partial charge in [-0.3, -0.25) is 9.79 Å². The topological polar surface area (TPSA) is 79.7 Å². The number of carbonyl (C=O) groups is 1. The number of hydrogen-bond donors (Lipinski definition) is 1. The van der Waals surface area contributed by atoms with E-state index >= 15 is 0 Å². The maximum atomic E-state index is 12.5. The van der Waals surface area contributed by atoms with Gasteiger partial charge < -0.3 is 15.0 Å². The van der Waals surface area contributed by atoms with Crippen molar-refractivity contribution in [3.63, 3.8) is 0 Å². The summed E-state index contributed by atoms with van der Waals surface area (Å²) in [7, 11) is 3.65. The zero-order valence-electron chi connectivity index (χ0n) is 18.7. The standard InChI is InChI=1S/C24H26ClN5O2S/c1-30(2)24(31)14-4-5-17-20(10-14)33-23-21(17)22(27-13-28-23)29-18-8-15-11-26-12-16(15)9-19(18)32-7-3-6-25/h8-9,11,13-14H,3-7,10,12H2,1-2H3,(H,27,28,29). The van der Waals surface area contributed by atoms with Crippen molar-refractivity contribution in [1.29, 1.82) is 0 Å². The van der Waals surface area contributed by atoms with Gasteiger partial charge in [-0.1, -0.05) is 0 Å².